The van der Waals surface area contributed by atoms with Crippen molar-refractivity contribution < 1.29 is 8.42 Å². The Hall–Kier alpha value is -0.850. The van der Waals surface area contributed by atoms with Crippen LogP contribution in [-0.2, 0) is 16.6 Å². The maximum atomic E-state index is 12.3. The molecule has 1 aliphatic rings. The van der Waals surface area contributed by atoms with E-state index in [9.17, 15) is 8.42 Å². The van der Waals surface area contributed by atoms with E-state index in [0.29, 0.717) is 17.5 Å². The van der Waals surface area contributed by atoms with Crippen molar-refractivity contribution in [1.29, 1.82) is 0 Å². The molecular formula is C13H23N3O2S. The van der Waals surface area contributed by atoms with Crippen LogP contribution in [-0.4, -0.2) is 19.0 Å². The first-order valence-electron chi connectivity index (χ1n) is 6.95. The number of hydrogen-bond acceptors (Lipinski definition) is 3. The Bertz CT molecular complexity index is 528. The summed E-state index contributed by atoms with van der Waals surface area (Å²) in [6.07, 6.45) is 5.54. The Morgan fingerprint density at radius 1 is 1.42 bits per heavy atom. The summed E-state index contributed by atoms with van der Waals surface area (Å²) >= 11 is 0. The first-order chi connectivity index (χ1) is 9.01. The summed E-state index contributed by atoms with van der Waals surface area (Å²) in [5.41, 5.74) is 6.59. The summed E-state index contributed by atoms with van der Waals surface area (Å²) in [7, 11) is -3.43. The Morgan fingerprint density at radius 3 is 2.53 bits per heavy atom. The second-order valence-electron chi connectivity index (χ2n) is 5.14. The molecule has 1 saturated carbocycles. The molecule has 2 rings (SSSR count). The summed E-state index contributed by atoms with van der Waals surface area (Å²) in [6, 6.07) is 2.13. The zero-order chi connectivity index (χ0) is 14.0. The normalized spacial score (nSPS) is 16.2. The maximum absolute atomic E-state index is 12.3. The molecule has 1 heterocycles. The topological polar surface area (TPSA) is 77.1 Å². The van der Waals surface area contributed by atoms with Crippen molar-refractivity contribution >= 4 is 10.0 Å². The molecule has 1 aromatic rings. The van der Waals surface area contributed by atoms with Crippen molar-refractivity contribution in [2.24, 2.45) is 5.73 Å². The van der Waals surface area contributed by atoms with Crippen LogP contribution in [0.5, 0.6) is 0 Å². The smallest absolute Gasteiger partial charge is 0.242 e. The number of hydrogen-bond donors (Lipinski definition) is 2. The summed E-state index contributed by atoms with van der Waals surface area (Å²) in [5, 5.41) is 0. The molecule has 3 N–H and O–H groups in total. The van der Waals surface area contributed by atoms with Crippen LogP contribution in [0, 0.1) is 0 Å². The predicted molar refractivity (Wildman–Crippen MR) is 75.3 cm³/mol. The van der Waals surface area contributed by atoms with Crippen LogP contribution in [0.15, 0.2) is 17.2 Å². The Labute approximate surface area is 115 Å². The van der Waals surface area contributed by atoms with Gasteiger partial charge in [0, 0.05) is 30.5 Å². The van der Waals surface area contributed by atoms with E-state index in [-0.39, 0.29) is 6.04 Å². The molecule has 1 fully saturated rings. The zero-order valence-electron chi connectivity index (χ0n) is 11.6. The van der Waals surface area contributed by atoms with Crippen molar-refractivity contribution in [2.75, 3.05) is 0 Å². The highest BCUT2D eigenvalue weighted by atomic mass is 32.2. The summed E-state index contributed by atoms with van der Waals surface area (Å²) < 4.78 is 29.4. The molecule has 0 aliphatic heterocycles. The largest absolute Gasteiger partial charge is 0.346 e. The highest BCUT2D eigenvalue weighted by molar-refractivity contribution is 7.89. The second-order valence-corrected chi connectivity index (χ2v) is 6.86. The third-order valence-electron chi connectivity index (χ3n) is 3.67. The highest BCUT2D eigenvalue weighted by Gasteiger charge is 2.28. The lowest BCUT2D eigenvalue weighted by atomic mass is 10.2. The molecule has 1 aromatic heterocycles. The van der Waals surface area contributed by atoms with E-state index in [1.807, 2.05) is 18.4 Å². The molecule has 0 aromatic carbocycles. The Balaban J connectivity index is 2.25. The highest BCUT2D eigenvalue weighted by Crippen LogP contribution is 2.37. The van der Waals surface area contributed by atoms with E-state index >= 15 is 0 Å². The van der Waals surface area contributed by atoms with Crippen LogP contribution in [0.25, 0.3) is 0 Å². The van der Waals surface area contributed by atoms with Gasteiger partial charge in [-0.15, -0.1) is 0 Å². The number of sulfonamides is 1. The molecule has 0 unspecified atom stereocenters. The molecule has 5 nitrogen and oxygen atoms in total. The monoisotopic (exact) mass is 285 g/mol. The van der Waals surface area contributed by atoms with Gasteiger partial charge in [0.15, 0.2) is 0 Å². The quantitative estimate of drug-likeness (QED) is 0.801. The van der Waals surface area contributed by atoms with E-state index in [0.717, 1.165) is 31.4 Å². The predicted octanol–water partition coefficient (Wildman–Crippen LogP) is 1.75. The number of nitrogens with zero attached hydrogens (tertiary/aromatic N) is 1. The average molecular weight is 285 g/mol. The molecule has 0 saturated heterocycles. The number of nitrogens with one attached hydrogen (secondary N) is 1. The molecule has 108 valence electrons. The van der Waals surface area contributed by atoms with Crippen LogP contribution >= 0.6 is 0 Å². The van der Waals surface area contributed by atoms with Crippen molar-refractivity contribution in [3.63, 3.8) is 0 Å². The van der Waals surface area contributed by atoms with E-state index in [1.165, 1.54) is 0 Å². The van der Waals surface area contributed by atoms with Gasteiger partial charge in [-0.25, -0.2) is 13.1 Å². The van der Waals surface area contributed by atoms with Gasteiger partial charge < -0.3 is 10.3 Å². The molecule has 1 aliphatic carbocycles. The fraction of sp³-hybridized carbons (Fsp3) is 0.692. The number of aromatic nitrogens is 1. The molecular weight excluding hydrogens is 262 g/mol. The van der Waals surface area contributed by atoms with Crippen LogP contribution in [0.1, 0.15) is 51.3 Å². The number of nitrogens with two attached hydrogens (primary N) is 1. The lowest BCUT2D eigenvalue weighted by molar-refractivity contribution is 0.530. The van der Waals surface area contributed by atoms with Gasteiger partial charge in [0.05, 0.1) is 4.90 Å². The van der Waals surface area contributed by atoms with Crippen molar-refractivity contribution in [2.45, 2.75) is 63.1 Å². The standard InChI is InChI=1S/C13H23N3O2S/c1-3-10(4-2)15-19(17,18)13-7-12(8-14)16(9-13)11-5-6-11/h7,9-11,15H,3-6,8,14H2,1-2H3. The fourth-order valence-corrected chi connectivity index (χ4v) is 3.69. The summed E-state index contributed by atoms with van der Waals surface area (Å²) in [5.74, 6) is 0. The van der Waals surface area contributed by atoms with Gasteiger partial charge >= 0.3 is 0 Å². The van der Waals surface area contributed by atoms with E-state index in [4.69, 9.17) is 5.73 Å². The molecule has 0 atom stereocenters. The zero-order valence-corrected chi connectivity index (χ0v) is 12.4. The van der Waals surface area contributed by atoms with Crippen LogP contribution in [0.4, 0.5) is 0 Å². The van der Waals surface area contributed by atoms with Gasteiger partial charge in [0.25, 0.3) is 0 Å². The van der Waals surface area contributed by atoms with E-state index < -0.39 is 10.0 Å². The molecule has 19 heavy (non-hydrogen) atoms. The Kier molecular flexibility index (Phi) is 4.32. The second kappa shape index (κ2) is 5.64. The fourth-order valence-electron chi connectivity index (χ4n) is 2.24. The van der Waals surface area contributed by atoms with Gasteiger partial charge in [0.1, 0.15) is 0 Å². The molecule has 0 amide bonds. The van der Waals surface area contributed by atoms with E-state index in [2.05, 4.69) is 4.72 Å². The average Bonchev–Trinajstić information content (AvgIpc) is 3.14. The van der Waals surface area contributed by atoms with Crippen LogP contribution < -0.4 is 10.5 Å². The van der Waals surface area contributed by atoms with Gasteiger partial charge in [0.2, 0.25) is 10.0 Å². The third kappa shape index (κ3) is 3.19. The van der Waals surface area contributed by atoms with E-state index in [1.54, 1.807) is 12.3 Å². The number of rotatable bonds is 7. The van der Waals surface area contributed by atoms with Gasteiger partial charge in [-0.2, -0.15) is 0 Å². The van der Waals surface area contributed by atoms with Gasteiger partial charge in [-0.1, -0.05) is 13.8 Å². The third-order valence-corrected chi connectivity index (χ3v) is 5.16. The SMILES string of the molecule is CCC(CC)NS(=O)(=O)c1cc(CN)n(C2CC2)c1. The summed E-state index contributed by atoms with van der Waals surface area (Å²) in [6.45, 7) is 4.34. The summed E-state index contributed by atoms with van der Waals surface area (Å²) in [4.78, 5) is 0.340. The molecule has 0 bridgehead atoms. The van der Waals surface area contributed by atoms with Crippen LogP contribution in [0.2, 0.25) is 0 Å². The first-order valence-corrected chi connectivity index (χ1v) is 8.43. The Morgan fingerprint density at radius 2 is 2.05 bits per heavy atom. The minimum absolute atomic E-state index is 0.00407. The maximum Gasteiger partial charge on any atom is 0.242 e. The van der Waals surface area contributed by atoms with Crippen molar-refractivity contribution in [1.82, 2.24) is 9.29 Å². The van der Waals surface area contributed by atoms with Crippen LogP contribution in [0.3, 0.4) is 0 Å². The molecule has 0 spiro atoms. The minimum atomic E-state index is -3.43. The van der Waals surface area contributed by atoms with Crippen molar-refractivity contribution in [3.05, 3.63) is 18.0 Å². The first kappa shape index (κ1) is 14.6. The van der Waals surface area contributed by atoms with Crippen molar-refractivity contribution in [3.8, 4) is 0 Å². The molecule has 0 radical (unpaired) electrons. The lowest BCUT2D eigenvalue weighted by Crippen LogP contribution is -2.33. The van der Waals surface area contributed by atoms with Gasteiger partial charge in [-0.05, 0) is 31.7 Å². The minimum Gasteiger partial charge on any atom is -0.346 e. The molecule has 6 heteroatoms. The van der Waals surface area contributed by atoms with Gasteiger partial charge in [-0.3, -0.25) is 0 Å². The lowest BCUT2D eigenvalue weighted by Gasteiger charge is -2.13.